The number of aryl methyl sites for hydroxylation is 1. The predicted octanol–water partition coefficient (Wildman–Crippen LogP) is 4.15. The molecule has 0 radical (unpaired) electrons. The van der Waals surface area contributed by atoms with E-state index in [0.717, 1.165) is 21.8 Å². The van der Waals surface area contributed by atoms with Crippen LogP contribution in [0.25, 0.3) is 11.3 Å². The number of benzene rings is 1. The van der Waals surface area contributed by atoms with E-state index in [1.807, 2.05) is 36.6 Å². The van der Waals surface area contributed by atoms with Crippen LogP contribution in [0.5, 0.6) is 0 Å². The summed E-state index contributed by atoms with van der Waals surface area (Å²) in [5, 5.41) is 5.88. The van der Waals surface area contributed by atoms with Crippen LogP contribution in [-0.4, -0.2) is 47.8 Å². The van der Waals surface area contributed by atoms with E-state index in [0.29, 0.717) is 19.4 Å². The molecule has 6 nitrogen and oxygen atoms in total. The zero-order valence-corrected chi connectivity index (χ0v) is 17.2. The van der Waals surface area contributed by atoms with Crippen molar-refractivity contribution in [1.82, 2.24) is 15.2 Å². The number of carbonyl (C=O) groups is 2. The van der Waals surface area contributed by atoms with Gasteiger partial charge in [-0.15, -0.1) is 11.3 Å². The van der Waals surface area contributed by atoms with Crippen molar-refractivity contribution in [2.75, 3.05) is 19.7 Å². The number of hydrogen-bond donors (Lipinski definition) is 1. The first-order valence-electron chi connectivity index (χ1n) is 9.49. The number of nitrogens with one attached hydrogen (secondary N) is 1. The Balaban J connectivity index is 1.42. The molecule has 1 aromatic heterocycles. The maximum Gasteiger partial charge on any atom is 0.422 e. The summed E-state index contributed by atoms with van der Waals surface area (Å²) < 4.78 is 40.6. The zero-order chi connectivity index (χ0) is 21.7. The number of aromatic nitrogens is 1. The van der Waals surface area contributed by atoms with Crippen molar-refractivity contribution in [3.8, 4) is 11.3 Å². The molecule has 2 heterocycles. The second-order valence-corrected chi connectivity index (χ2v) is 8.16. The summed E-state index contributed by atoms with van der Waals surface area (Å²) in [5.41, 5.74) is 2.89. The van der Waals surface area contributed by atoms with Crippen molar-refractivity contribution in [1.29, 1.82) is 0 Å². The fraction of sp³-hybridized carbons (Fsp3) is 0.450. The van der Waals surface area contributed by atoms with Crippen LogP contribution in [0, 0.1) is 12.8 Å². The molecule has 0 atom stereocenters. The van der Waals surface area contributed by atoms with Crippen LogP contribution in [-0.2, 0) is 16.1 Å². The van der Waals surface area contributed by atoms with E-state index in [1.165, 1.54) is 4.90 Å². The number of amides is 2. The number of alkyl halides is 3. The van der Waals surface area contributed by atoms with Crippen LogP contribution in [0.3, 0.4) is 0 Å². The third-order valence-electron chi connectivity index (χ3n) is 4.82. The Morgan fingerprint density at radius 1 is 1.23 bits per heavy atom. The van der Waals surface area contributed by atoms with E-state index in [4.69, 9.17) is 0 Å². The maximum atomic E-state index is 12.4. The fourth-order valence-corrected chi connectivity index (χ4v) is 3.80. The zero-order valence-electron chi connectivity index (χ0n) is 16.4. The topological polar surface area (TPSA) is 71.5 Å². The summed E-state index contributed by atoms with van der Waals surface area (Å²) in [6.45, 7) is 1.11. The molecule has 30 heavy (non-hydrogen) atoms. The molecular weight excluding hydrogens is 419 g/mol. The Bertz CT molecular complexity index is 875. The van der Waals surface area contributed by atoms with Crippen molar-refractivity contribution >= 4 is 23.3 Å². The van der Waals surface area contributed by atoms with Crippen molar-refractivity contribution < 1.29 is 27.5 Å². The molecule has 0 saturated carbocycles. The lowest BCUT2D eigenvalue weighted by Crippen LogP contribution is -2.43. The fourth-order valence-electron chi connectivity index (χ4n) is 3.18. The molecule has 2 aromatic rings. The molecule has 162 valence electrons. The number of hydrogen-bond acceptors (Lipinski definition) is 5. The van der Waals surface area contributed by atoms with Gasteiger partial charge in [0.05, 0.1) is 10.7 Å². The molecule has 10 heteroatoms. The summed E-state index contributed by atoms with van der Waals surface area (Å²) in [6, 6.07) is 7.79. The van der Waals surface area contributed by atoms with Crippen LogP contribution >= 0.6 is 11.3 Å². The third-order valence-corrected chi connectivity index (χ3v) is 5.59. The van der Waals surface area contributed by atoms with Crippen molar-refractivity contribution in [2.45, 2.75) is 32.5 Å². The Kier molecular flexibility index (Phi) is 6.96. The number of rotatable bonds is 5. The van der Waals surface area contributed by atoms with Gasteiger partial charge < -0.3 is 15.0 Å². The number of carbonyl (C=O) groups excluding carboxylic acids is 2. The maximum absolute atomic E-state index is 12.4. The molecule has 0 unspecified atom stereocenters. The molecule has 2 amide bonds. The quantitative estimate of drug-likeness (QED) is 0.757. The number of halogens is 3. The van der Waals surface area contributed by atoms with E-state index >= 15 is 0 Å². The van der Waals surface area contributed by atoms with Crippen molar-refractivity contribution in [2.24, 2.45) is 5.92 Å². The highest BCUT2D eigenvalue weighted by molar-refractivity contribution is 7.09. The minimum Gasteiger partial charge on any atom is -0.440 e. The van der Waals surface area contributed by atoms with Crippen LogP contribution in [0.2, 0.25) is 0 Å². The van der Waals surface area contributed by atoms with Gasteiger partial charge in [-0.3, -0.25) is 4.79 Å². The average Bonchev–Trinajstić information content (AvgIpc) is 3.16. The molecule has 1 aliphatic heterocycles. The third kappa shape index (κ3) is 6.19. The minimum atomic E-state index is -4.55. The van der Waals surface area contributed by atoms with Gasteiger partial charge >= 0.3 is 12.3 Å². The van der Waals surface area contributed by atoms with E-state index in [-0.39, 0.29) is 24.9 Å². The molecule has 1 saturated heterocycles. The highest BCUT2D eigenvalue weighted by atomic mass is 32.1. The standard InChI is InChI=1S/C20H22F3N3O3S/c1-13-25-17(11-30-13)15-4-2-14(3-5-15)10-24-18(27)16-6-8-26(9-7-16)19(28)29-12-20(21,22)23/h2-5,11,16H,6-10,12H2,1H3,(H,24,27). The minimum absolute atomic E-state index is 0.127. The van der Waals surface area contributed by atoms with Gasteiger partial charge in [-0.05, 0) is 25.3 Å². The molecule has 0 spiro atoms. The molecular formula is C20H22F3N3O3S. The first kappa shape index (κ1) is 22.1. The second kappa shape index (κ2) is 9.46. The second-order valence-electron chi connectivity index (χ2n) is 7.10. The van der Waals surface area contributed by atoms with Crippen molar-refractivity contribution in [3.05, 3.63) is 40.2 Å². The van der Waals surface area contributed by atoms with Gasteiger partial charge in [0, 0.05) is 36.5 Å². The molecule has 3 rings (SSSR count). The smallest absolute Gasteiger partial charge is 0.422 e. The number of likely N-dealkylation sites (tertiary alicyclic amines) is 1. The van der Waals surface area contributed by atoms with Crippen LogP contribution in [0.4, 0.5) is 18.0 Å². The lowest BCUT2D eigenvalue weighted by molar-refractivity contribution is -0.162. The Morgan fingerprint density at radius 2 is 1.90 bits per heavy atom. The van der Waals surface area contributed by atoms with Gasteiger partial charge in [0.1, 0.15) is 0 Å². The van der Waals surface area contributed by atoms with Gasteiger partial charge in [-0.25, -0.2) is 9.78 Å². The van der Waals surface area contributed by atoms with Gasteiger partial charge in [-0.2, -0.15) is 13.2 Å². The lowest BCUT2D eigenvalue weighted by atomic mass is 9.96. The number of piperidine rings is 1. The van der Waals surface area contributed by atoms with E-state index in [1.54, 1.807) is 11.3 Å². The Hall–Kier alpha value is -2.62. The highest BCUT2D eigenvalue weighted by Crippen LogP contribution is 2.22. The molecule has 1 fully saturated rings. The van der Waals surface area contributed by atoms with Gasteiger partial charge in [0.25, 0.3) is 0 Å². The summed E-state index contributed by atoms with van der Waals surface area (Å²) in [5.74, 6) is -0.411. The normalized spacial score (nSPS) is 15.1. The Morgan fingerprint density at radius 3 is 2.47 bits per heavy atom. The van der Waals surface area contributed by atoms with Crippen LogP contribution < -0.4 is 5.32 Å². The molecule has 1 N–H and O–H groups in total. The molecule has 1 aromatic carbocycles. The average molecular weight is 441 g/mol. The first-order valence-corrected chi connectivity index (χ1v) is 10.4. The van der Waals surface area contributed by atoms with E-state index < -0.39 is 18.9 Å². The SMILES string of the molecule is Cc1nc(-c2ccc(CNC(=O)C3CCN(C(=O)OCC(F)(F)F)CC3)cc2)cs1. The molecule has 1 aliphatic rings. The van der Waals surface area contributed by atoms with E-state index in [9.17, 15) is 22.8 Å². The van der Waals surface area contributed by atoms with Gasteiger partial charge in [-0.1, -0.05) is 24.3 Å². The van der Waals surface area contributed by atoms with Gasteiger partial charge in [0.15, 0.2) is 6.61 Å². The summed E-state index contributed by atoms with van der Waals surface area (Å²) in [7, 11) is 0. The van der Waals surface area contributed by atoms with E-state index in [2.05, 4.69) is 15.0 Å². The lowest BCUT2D eigenvalue weighted by Gasteiger charge is -2.30. The highest BCUT2D eigenvalue weighted by Gasteiger charge is 2.32. The summed E-state index contributed by atoms with van der Waals surface area (Å²) >= 11 is 1.59. The molecule has 0 aliphatic carbocycles. The molecule has 0 bridgehead atoms. The first-order chi connectivity index (χ1) is 14.2. The number of nitrogens with zero attached hydrogens (tertiary/aromatic N) is 2. The summed E-state index contributed by atoms with van der Waals surface area (Å²) in [4.78, 5) is 29.7. The largest absolute Gasteiger partial charge is 0.440 e. The number of ether oxygens (including phenoxy) is 1. The predicted molar refractivity (Wildman–Crippen MR) is 106 cm³/mol. The Labute approximate surface area is 176 Å². The monoisotopic (exact) mass is 441 g/mol. The van der Waals surface area contributed by atoms with Gasteiger partial charge in [0.2, 0.25) is 5.91 Å². The van der Waals surface area contributed by atoms with Crippen LogP contribution in [0.1, 0.15) is 23.4 Å². The number of thiazole rings is 1. The van der Waals surface area contributed by atoms with Crippen LogP contribution in [0.15, 0.2) is 29.6 Å². The van der Waals surface area contributed by atoms with Crippen molar-refractivity contribution in [3.63, 3.8) is 0 Å². The summed E-state index contributed by atoms with van der Waals surface area (Å²) in [6.07, 6.45) is -4.78.